The fourth-order valence-electron chi connectivity index (χ4n) is 2.73. The molecule has 0 fully saturated rings. The van der Waals surface area contributed by atoms with E-state index in [4.69, 9.17) is 19.6 Å². The molecule has 0 amide bonds. The Morgan fingerprint density at radius 2 is 0.882 bits per heavy atom. The van der Waals surface area contributed by atoms with Crippen molar-refractivity contribution in [3.63, 3.8) is 0 Å². The molecule has 0 aliphatic rings. The standard InChI is InChI=1S/C20H22O6.C8H18/c1-15(23-25-19(21)17-9-5-3-6-10-17)13-14-16(2)24-26-20(22)18-11-7-4-8-12-18;1-7(2)5-6-8(3)4/h3-12,15-16H,13-14H2,1-2H3;7-8H,5-6H2,1-4H3. The van der Waals surface area contributed by atoms with Crippen molar-refractivity contribution in [3.8, 4) is 0 Å². The Hall–Kier alpha value is -2.70. The highest BCUT2D eigenvalue weighted by molar-refractivity contribution is 5.89. The van der Waals surface area contributed by atoms with Crippen molar-refractivity contribution in [3.05, 3.63) is 71.8 Å². The van der Waals surface area contributed by atoms with E-state index < -0.39 is 11.9 Å². The lowest BCUT2D eigenvalue weighted by Gasteiger charge is -2.14. The summed E-state index contributed by atoms with van der Waals surface area (Å²) in [7, 11) is 0. The van der Waals surface area contributed by atoms with Crippen LogP contribution >= 0.6 is 0 Å². The zero-order valence-corrected chi connectivity index (χ0v) is 21.4. The third-order valence-electron chi connectivity index (χ3n) is 4.90. The molecular formula is C28H40O6. The van der Waals surface area contributed by atoms with Gasteiger partial charge in [0.1, 0.15) is 12.2 Å². The van der Waals surface area contributed by atoms with Crippen molar-refractivity contribution in [2.75, 3.05) is 0 Å². The van der Waals surface area contributed by atoms with Gasteiger partial charge in [-0.3, -0.25) is 9.78 Å². The van der Waals surface area contributed by atoms with E-state index in [1.54, 1.807) is 62.4 Å². The van der Waals surface area contributed by atoms with Crippen molar-refractivity contribution in [2.45, 2.75) is 79.4 Å². The molecule has 2 unspecified atom stereocenters. The topological polar surface area (TPSA) is 71.1 Å². The maximum atomic E-state index is 11.8. The maximum absolute atomic E-state index is 11.8. The Morgan fingerprint density at radius 3 is 1.18 bits per heavy atom. The Bertz CT molecular complexity index is 735. The molecule has 34 heavy (non-hydrogen) atoms. The minimum atomic E-state index is -0.543. The van der Waals surface area contributed by atoms with Crippen LogP contribution in [0.5, 0.6) is 0 Å². The van der Waals surface area contributed by atoms with Crippen molar-refractivity contribution in [1.29, 1.82) is 0 Å². The lowest BCUT2D eigenvalue weighted by molar-refractivity contribution is -0.284. The molecule has 2 aromatic rings. The highest BCUT2D eigenvalue weighted by Crippen LogP contribution is 2.11. The summed E-state index contributed by atoms with van der Waals surface area (Å²) in [4.78, 5) is 43.3. The predicted octanol–water partition coefficient (Wildman–Crippen LogP) is 7.20. The van der Waals surface area contributed by atoms with Crippen LogP contribution in [-0.4, -0.2) is 24.1 Å². The van der Waals surface area contributed by atoms with Gasteiger partial charge in [0.15, 0.2) is 0 Å². The second-order valence-corrected chi connectivity index (χ2v) is 9.23. The molecule has 0 saturated carbocycles. The summed E-state index contributed by atoms with van der Waals surface area (Å²) < 4.78 is 0. The van der Waals surface area contributed by atoms with Crippen LogP contribution in [0.25, 0.3) is 0 Å². The Morgan fingerprint density at radius 1 is 0.559 bits per heavy atom. The van der Waals surface area contributed by atoms with Gasteiger partial charge >= 0.3 is 11.9 Å². The summed E-state index contributed by atoms with van der Waals surface area (Å²) in [6.45, 7) is 12.7. The Balaban J connectivity index is 0.000000620. The lowest BCUT2D eigenvalue weighted by atomic mass is 10.0. The normalized spacial score (nSPS) is 12.5. The zero-order chi connectivity index (χ0) is 25.3. The van der Waals surface area contributed by atoms with Crippen molar-refractivity contribution in [2.24, 2.45) is 11.8 Å². The first-order chi connectivity index (χ1) is 16.2. The summed E-state index contributed by atoms with van der Waals surface area (Å²) in [5, 5.41) is 0. The largest absolute Gasteiger partial charge is 0.373 e. The van der Waals surface area contributed by atoms with Crippen LogP contribution in [0.1, 0.15) is 87.9 Å². The molecule has 0 radical (unpaired) electrons. The Labute approximate surface area is 204 Å². The van der Waals surface area contributed by atoms with E-state index in [-0.39, 0.29) is 12.2 Å². The predicted molar refractivity (Wildman–Crippen MR) is 133 cm³/mol. The number of hydrogen-bond donors (Lipinski definition) is 0. The van der Waals surface area contributed by atoms with Gasteiger partial charge in [-0.25, -0.2) is 9.59 Å². The molecule has 0 aliphatic carbocycles. The van der Waals surface area contributed by atoms with Crippen LogP contribution in [0.2, 0.25) is 0 Å². The van der Waals surface area contributed by atoms with Gasteiger partial charge in [0, 0.05) is 0 Å². The van der Waals surface area contributed by atoms with Crippen LogP contribution in [-0.2, 0) is 19.6 Å². The van der Waals surface area contributed by atoms with Gasteiger partial charge in [-0.15, -0.1) is 0 Å². The molecule has 0 aliphatic heterocycles. The van der Waals surface area contributed by atoms with E-state index in [0.29, 0.717) is 24.0 Å². The number of carbonyl (C=O) groups excluding carboxylic acids is 2. The molecule has 2 atom stereocenters. The Kier molecular flexibility index (Phi) is 14.5. The van der Waals surface area contributed by atoms with Crippen LogP contribution in [0.15, 0.2) is 60.7 Å². The van der Waals surface area contributed by atoms with Crippen LogP contribution in [0, 0.1) is 11.8 Å². The van der Waals surface area contributed by atoms with Crippen LogP contribution in [0.3, 0.4) is 0 Å². The summed E-state index contributed by atoms with van der Waals surface area (Å²) >= 11 is 0. The fourth-order valence-corrected chi connectivity index (χ4v) is 2.73. The smallest absolute Gasteiger partial charge is 0.293 e. The van der Waals surface area contributed by atoms with Gasteiger partial charge in [-0.1, -0.05) is 76.9 Å². The van der Waals surface area contributed by atoms with Crippen molar-refractivity contribution >= 4 is 11.9 Å². The molecule has 2 aromatic carbocycles. The molecule has 6 heteroatoms. The first-order valence-corrected chi connectivity index (χ1v) is 12.0. The second kappa shape index (κ2) is 16.8. The molecule has 0 spiro atoms. The zero-order valence-electron chi connectivity index (χ0n) is 21.4. The van der Waals surface area contributed by atoms with Gasteiger partial charge in [0.25, 0.3) is 0 Å². The first-order valence-electron chi connectivity index (χ1n) is 12.0. The molecule has 0 bridgehead atoms. The van der Waals surface area contributed by atoms with E-state index in [0.717, 1.165) is 11.8 Å². The van der Waals surface area contributed by atoms with Gasteiger partial charge in [0.05, 0.1) is 11.1 Å². The van der Waals surface area contributed by atoms with Crippen LogP contribution in [0.4, 0.5) is 0 Å². The molecule has 0 aromatic heterocycles. The van der Waals surface area contributed by atoms with Gasteiger partial charge in [-0.05, 0) is 62.8 Å². The summed E-state index contributed by atoms with van der Waals surface area (Å²) in [5.41, 5.74) is 0.841. The quantitative estimate of drug-likeness (QED) is 0.240. The van der Waals surface area contributed by atoms with E-state index in [2.05, 4.69) is 27.7 Å². The highest BCUT2D eigenvalue weighted by Gasteiger charge is 2.15. The molecule has 0 heterocycles. The third kappa shape index (κ3) is 13.8. The number of rotatable bonds is 12. The van der Waals surface area contributed by atoms with E-state index in [9.17, 15) is 9.59 Å². The monoisotopic (exact) mass is 472 g/mol. The average Bonchev–Trinajstić information content (AvgIpc) is 2.84. The number of benzene rings is 2. The van der Waals surface area contributed by atoms with Crippen molar-refractivity contribution in [1.82, 2.24) is 0 Å². The van der Waals surface area contributed by atoms with E-state index in [1.165, 1.54) is 12.8 Å². The fraction of sp³-hybridized carbons (Fsp3) is 0.500. The number of hydrogen-bond acceptors (Lipinski definition) is 6. The molecule has 0 saturated heterocycles. The summed E-state index contributed by atoms with van der Waals surface area (Å²) in [6, 6.07) is 17.2. The second-order valence-electron chi connectivity index (χ2n) is 9.23. The molecule has 0 N–H and O–H groups in total. The number of carbonyl (C=O) groups is 2. The SMILES string of the molecule is CC(C)CCC(C)C.CC(CCC(C)OOC(=O)c1ccccc1)OOC(=O)c1ccccc1. The highest BCUT2D eigenvalue weighted by atomic mass is 17.2. The summed E-state index contributed by atoms with van der Waals surface area (Å²) in [6.07, 6.45) is 3.25. The molecular weight excluding hydrogens is 432 g/mol. The first kappa shape index (κ1) is 29.3. The van der Waals surface area contributed by atoms with Crippen LogP contribution < -0.4 is 0 Å². The van der Waals surface area contributed by atoms with Gasteiger partial charge < -0.3 is 0 Å². The van der Waals surface area contributed by atoms with E-state index >= 15 is 0 Å². The van der Waals surface area contributed by atoms with Crippen molar-refractivity contribution < 1.29 is 29.1 Å². The minimum Gasteiger partial charge on any atom is -0.293 e. The molecule has 2 rings (SSSR count). The van der Waals surface area contributed by atoms with E-state index in [1.807, 2.05) is 12.1 Å². The molecule has 6 nitrogen and oxygen atoms in total. The van der Waals surface area contributed by atoms with Gasteiger partial charge in [-0.2, -0.15) is 9.78 Å². The summed E-state index contributed by atoms with van der Waals surface area (Å²) in [5.74, 6) is 0.687. The molecule has 188 valence electrons. The average molecular weight is 473 g/mol. The van der Waals surface area contributed by atoms with Gasteiger partial charge in [0.2, 0.25) is 0 Å². The maximum Gasteiger partial charge on any atom is 0.373 e. The third-order valence-corrected chi connectivity index (χ3v) is 4.90. The lowest BCUT2D eigenvalue weighted by Crippen LogP contribution is -2.18. The minimum absolute atomic E-state index is 0.321.